The number of carbonyl (C=O) groups is 1. The first kappa shape index (κ1) is 38.3. The Bertz CT molecular complexity index is 2230. The van der Waals surface area contributed by atoms with Crippen LogP contribution in [0.5, 0.6) is 11.5 Å². The molecule has 0 amide bonds. The van der Waals surface area contributed by atoms with Gasteiger partial charge in [0.1, 0.15) is 17.3 Å². The predicted octanol–water partition coefficient (Wildman–Crippen LogP) is 12.5. The summed E-state index contributed by atoms with van der Waals surface area (Å²) < 4.78 is 11.5. The molecule has 0 aromatic heterocycles. The summed E-state index contributed by atoms with van der Waals surface area (Å²) >= 11 is 5.09. The number of thioether (sulfide) groups is 2. The molecule has 2 N–H and O–H groups in total. The second-order valence-electron chi connectivity index (χ2n) is 11.8. The van der Waals surface area contributed by atoms with Gasteiger partial charge in [0, 0.05) is 19.6 Å². The van der Waals surface area contributed by atoms with Crippen molar-refractivity contribution in [3.63, 3.8) is 0 Å². The second-order valence-corrected chi connectivity index (χ2v) is 14.9. The summed E-state index contributed by atoms with van der Waals surface area (Å²) in [5, 5.41) is 4.08. The average molecular weight is 762 g/mol. The van der Waals surface area contributed by atoms with E-state index in [1.54, 1.807) is 47.4 Å². The number of carbonyl (C=O) groups excluding carboxylic acids is 1. The van der Waals surface area contributed by atoms with Crippen LogP contribution in [0.3, 0.4) is 0 Å². The quantitative estimate of drug-likeness (QED) is 0.0279. The number of rotatable bonds is 15. The van der Waals surface area contributed by atoms with Crippen molar-refractivity contribution < 1.29 is 14.3 Å². The maximum Gasteiger partial charge on any atom is 0.325 e. The smallest absolute Gasteiger partial charge is 0.325 e. The molecule has 0 saturated heterocycles. The van der Waals surface area contributed by atoms with Gasteiger partial charge in [-0.25, -0.2) is 0 Å². The lowest BCUT2D eigenvalue weighted by Gasteiger charge is -2.18. The first-order chi connectivity index (χ1) is 26.5. The van der Waals surface area contributed by atoms with E-state index in [0.29, 0.717) is 17.3 Å². The van der Waals surface area contributed by atoms with E-state index in [1.807, 2.05) is 85.1 Å². The van der Waals surface area contributed by atoms with E-state index in [0.717, 1.165) is 38.3 Å². The van der Waals surface area contributed by atoms with E-state index in [2.05, 4.69) is 96.9 Å². The molecule has 0 radical (unpaired) electrons. The lowest BCUT2D eigenvalue weighted by atomic mass is 9.86. The highest BCUT2D eigenvalue weighted by atomic mass is 32.2. The predicted molar refractivity (Wildman–Crippen MR) is 228 cm³/mol. The van der Waals surface area contributed by atoms with Crippen molar-refractivity contribution in [1.29, 1.82) is 0 Å². The second kappa shape index (κ2) is 19.6. The Morgan fingerprint density at radius 2 is 0.963 bits per heavy atom. The SMILES string of the molecule is C=C(/C=C/Sc1ccc(Sc2ccc(S/C=C/C)cc2)cc1)Oc1ccc(/C(=C(\c2ccccc2)c2ccc(OC(=O)CN)cc2)c2ccccc2)cc1. The lowest BCUT2D eigenvalue weighted by molar-refractivity contribution is -0.132. The topological polar surface area (TPSA) is 61.5 Å². The molecule has 0 unspecified atom stereocenters. The molecule has 6 aromatic rings. The van der Waals surface area contributed by atoms with Crippen LogP contribution < -0.4 is 15.2 Å². The van der Waals surface area contributed by atoms with Crippen molar-refractivity contribution in [2.75, 3.05) is 6.54 Å². The summed E-state index contributed by atoms with van der Waals surface area (Å²) in [6.07, 6.45) is 3.93. The van der Waals surface area contributed by atoms with Gasteiger partial charge >= 0.3 is 5.97 Å². The van der Waals surface area contributed by atoms with Gasteiger partial charge in [-0.3, -0.25) is 4.79 Å². The van der Waals surface area contributed by atoms with E-state index in [9.17, 15) is 4.79 Å². The molecule has 7 heteroatoms. The number of nitrogens with two attached hydrogens (primary N) is 1. The third-order valence-corrected chi connectivity index (χ3v) is 10.8. The summed E-state index contributed by atoms with van der Waals surface area (Å²) in [5.41, 5.74) is 11.7. The molecule has 0 atom stereocenters. The van der Waals surface area contributed by atoms with Crippen molar-refractivity contribution in [2.45, 2.75) is 26.5 Å². The molecule has 0 spiro atoms. The number of ether oxygens (including phenoxy) is 2. The van der Waals surface area contributed by atoms with Gasteiger partial charge in [0.25, 0.3) is 0 Å². The molecule has 6 rings (SSSR count). The maximum atomic E-state index is 11.8. The molecule has 0 heterocycles. The number of hydrogen-bond donors (Lipinski definition) is 1. The Morgan fingerprint density at radius 1 is 0.556 bits per heavy atom. The Morgan fingerprint density at radius 3 is 1.41 bits per heavy atom. The van der Waals surface area contributed by atoms with Gasteiger partial charge in [0.05, 0.1) is 6.54 Å². The van der Waals surface area contributed by atoms with E-state index in [-0.39, 0.29) is 6.54 Å². The molecule has 4 nitrogen and oxygen atoms in total. The van der Waals surface area contributed by atoms with Crippen molar-refractivity contribution in [1.82, 2.24) is 0 Å². The Kier molecular flexibility index (Phi) is 13.9. The Hall–Kier alpha value is -5.44. The first-order valence-corrected chi connectivity index (χ1v) is 19.9. The summed E-state index contributed by atoms with van der Waals surface area (Å²) in [6, 6.07) is 53.4. The van der Waals surface area contributed by atoms with Crippen LogP contribution >= 0.6 is 35.3 Å². The van der Waals surface area contributed by atoms with Crippen LogP contribution in [0, 0.1) is 0 Å². The van der Waals surface area contributed by atoms with Gasteiger partial charge < -0.3 is 15.2 Å². The third kappa shape index (κ3) is 10.8. The summed E-state index contributed by atoms with van der Waals surface area (Å²) in [7, 11) is 0. The molecule has 0 bridgehead atoms. The fourth-order valence-corrected chi connectivity index (χ4v) is 7.57. The normalized spacial score (nSPS) is 11.7. The highest BCUT2D eigenvalue weighted by Gasteiger charge is 2.17. The van der Waals surface area contributed by atoms with Crippen LogP contribution in [-0.4, -0.2) is 12.5 Å². The minimum absolute atomic E-state index is 0.181. The molecule has 54 heavy (non-hydrogen) atoms. The van der Waals surface area contributed by atoms with Gasteiger partial charge in [0.15, 0.2) is 0 Å². The van der Waals surface area contributed by atoms with Crippen molar-refractivity contribution in [3.8, 4) is 11.5 Å². The number of esters is 1. The molecule has 0 aliphatic rings. The highest BCUT2D eigenvalue weighted by molar-refractivity contribution is 8.02. The number of benzene rings is 6. The van der Waals surface area contributed by atoms with Crippen molar-refractivity contribution in [2.24, 2.45) is 5.73 Å². The highest BCUT2D eigenvalue weighted by Crippen LogP contribution is 2.38. The zero-order valence-corrected chi connectivity index (χ0v) is 32.2. The van der Waals surface area contributed by atoms with E-state index in [1.165, 1.54) is 14.7 Å². The maximum absolute atomic E-state index is 11.8. The zero-order valence-electron chi connectivity index (χ0n) is 29.8. The standard InChI is InChI=1S/C47H39NO3S3/c1-3-31-52-41-22-26-43(27-23-41)54-44-28-24-42(25-29-44)53-32-30-34(2)50-39-18-14-37(15-19-39)46(35-10-6-4-7-11-35)47(36-12-8-5-9-13-36)38-16-20-40(21-17-38)51-45(49)33-48/h3-32H,2,33,48H2,1H3/b31-3+,32-30+,47-46+. The Balaban J connectivity index is 1.16. The molecule has 0 aliphatic carbocycles. The summed E-state index contributed by atoms with van der Waals surface area (Å²) in [4.78, 5) is 16.6. The van der Waals surface area contributed by atoms with Gasteiger partial charge in [-0.2, -0.15) is 0 Å². The zero-order chi connectivity index (χ0) is 37.5. The van der Waals surface area contributed by atoms with Crippen LogP contribution in [0.15, 0.2) is 213 Å². The third-order valence-electron chi connectivity index (χ3n) is 7.99. The van der Waals surface area contributed by atoms with Crippen LogP contribution in [0.2, 0.25) is 0 Å². The van der Waals surface area contributed by atoms with Crippen molar-refractivity contribution >= 4 is 52.4 Å². The van der Waals surface area contributed by atoms with Gasteiger partial charge in [-0.15, -0.1) is 0 Å². The molecule has 0 aliphatic heterocycles. The van der Waals surface area contributed by atoms with E-state index < -0.39 is 5.97 Å². The fraction of sp³-hybridized carbons (Fsp3) is 0.0426. The van der Waals surface area contributed by atoms with Crippen LogP contribution in [-0.2, 0) is 4.79 Å². The van der Waals surface area contributed by atoms with E-state index in [4.69, 9.17) is 15.2 Å². The molecule has 268 valence electrons. The molecular weight excluding hydrogens is 723 g/mol. The molecule has 6 aromatic carbocycles. The average Bonchev–Trinajstić information content (AvgIpc) is 3.21. The minimum atomic E-state index is -0.483. The molecule has 0 saturated carbocycles. The molecule has 0 fully saturated rings. The number of hydrogen-bond acceptors (Lipinski definition) is 7. The fourth-order valence-electron chi connectivity index (χ4n) is 5.50. The van der Waals surface area contributed by atoms with Crippen LogP contribution in [0.1, 0.15) is 29.2 Å². The van der Waals surface area contributed by atoms with Crippen molar-refractivity contribution in [3.05, 3.63) is 215 Å². The van der Waals surface area contributed by atoms with Crippen LogP contribution in [0.25, 0.3) is 11.1 Å². The minimum Gasteiger partial charge on any atom is -0.458 e. The Labute approximate surface area is 330 Å². The largest absolute Gasteiger partial charge is 0.458 e. The lowest BCUT2D eigenvalue weighted by Crippen LogP contribution is -2.19. The van der Waals surface area contributed by atoms with Crippen LogP contribution in [0.4, 0.5) is 0 Å². The van der Waals surface area contributed by atoms with Gasteiger partial charge in [-0.1, -0.05) is 133 Å². The van der Waals surface area contributed by atoms with E-state index >= 15 is 0 Å². The monoisotopic (exact) mass is 761 g/mol. The molecular formula is C47H39NO3S3. The van der Waals surface area contributed by atoms with Gasteiger partial charge in [-0.05, 0) is 130 Å². The number of allylic oxidation sites excluding steroid dienone is 2. The first-order valence-electron chi connectivity index (χ1n) is 17.3. The summed E-state index contributed by atoms with van der Waals surface area (Å²) in [5.74, 6) is 1.19. The summed E-state index contributed by atoms with van der Waals surface area (Å²) in [6.45, 7) is 5.98. The van der Waals surface area contributed by atoms with Gasteiger partial charge in [0.2, 0.25) is 0 Å².